The van der Waals surface area contributed by atoms with Crippen LogP contribution in [0.15, 0.2) is 77.7 Å². The lowest BCUT2D eigenvalue weighted by Crippen LogP contribution is -2.24. The number of thioether (sulfide) groups is 1. The molecule has 3 aromatic carbocycles. The van der Waals surface area contributed by atoms with E-state index in [4.69, 9.17) is 23.2 Å². The van der Waals surface area contributed by atoms with Crippen molar-refractivity contribution in [3.05, 3.63) is 88.4 Å². The highest BCUT2D eigenvalue weighted by Crippen LogP contribution is 2.29. The molecule has 4 nitrogen and oxygen atoms in total. The Morgan fingerprint density at radius 2 is 1.68 bits per heavy atom. The fourth-order valence-corrected chi connectivity index (χ4v) is 4.22. The van der Waals surface area contributed by atoms with Crippen LogP contribution in [0.2, 0.25) is 10.0 Å². The first-order valence-corrected chi connectivity index (χ1v) is 11.4. The Bertz CT molecular complexity index is 1060. The monoisotopic (exact) mass is 472 g/mol. The van der Waals surface area contributed by atoms with Gasteiger partial charge in [0.1, 0.15) is 0 Å². The highest BCUT2D eigenvalue weighted by molar-refractivity contribution is 8.00. The van der Waals surface area contributed by atoms with Gasteiger partial charge in [-0.05, 0) is 54.4 Å². The van der Waals surface area contributed by atoms with Crippen LogP contribution < -0.4 is 10.6 Å². The minimum absolute atomic E-state index is 0.113. The molecule has 0 radical (unpaired) electrons. The third-order valence-electron chi connectivity index (χ3n) is 4.47. The summed E-state index contributed by atoms with van der Waals surface area (Å²) in [4.78, 5) is 26.0. The molecule has 0 spiro atoms. The van der Waals surface area contributed by atoms with Crippen molar-refractivity contribution in [3.63, 3.8) is 0 Å². The van der Waals surface area contributed by atoms with Crippen LogP contribution in [-0.2, 0) is 16.0 Å². The molecule has 1 unspecified atom stereocenters. The van der Waals surface area contributed by atoms with E-state index in [2.05, 4.69) is 10.6 Å². The SMILES string of the molecule is CCC(Sc1cccc(NC(=O)Cc2ccc(Cl)cc2)c1)C(=O)Nc1ccccc1Cl. The molecular formula is C24H22Cl2N2O2S. The fraction of sp³-hybridized carbons (Fsp3) is 0.167. The Balaban J connectivity index is 1.61. The maximum absolute atomic E-state index is 12.7. The van der Waals surface area contributed by atoms with Gasteiger partial charge in [0.2, 0.25) is 11.8 Å². The topological polar surface area (TPSA) is 58.2 Å². The van der Waals surface area contributed by atoms with Gasteiger partial charge in [0.25, 0.3) is 0 Å². The summed E-state index contributed by atoms with van der Waals surface area (Å²) in [5, 5.41) is 6.64. The molecule has 3 rings (SSSR count). The van der Waals surface area contributed by atoms with Crippen molar-refractivity contribution >= 4 is 58.2 Å². The number of hydrogen-bond donors (Lipinski definition) is 2. The molecule has 2 amide bonds. The number of amides is 2. The summed E-state index contributed by atoms with van der Waals surface area (Å²) in [5.41, 5.74) is 2.16. The molecule has 0 aliphatic heterocycles. The van der Waals surface area contributed by atoms with E-state index >= 15 is 0 Å². The Labute approximate surface area is 196 Å². The van der Waals surface area contributed by atoms with Crippen LogP contribution >= 0.6 is 35.0 Å². The number of benzene rings is 3. The van der Waals surface area contributed by atoms with E-state index in [1.807, 2.05) is 55.5 Å². The fourth-order valence-electron chi connectivity index (χ4n) is 2.90. The zero-order chi connectivity index (χ0) is 22.2. The first kappa shape index (κ1) is 23.2. The minimum atomic E-state index is -0.295. The van der Waals surface area contributed by atoms with Crippen LogP contribution in [0.4, 0.5) is 11.4 Å². The third kappa shape index (κ3) is 7.03. The molecule has 0 aliphatic rings. The second-order valence-corrected chi connectivity index (χ2v) is 8.98. The van der Waals surface area contributed by atoms with Crippen molar-refractivity contribution in [1.82, 2.24) is 0 Å². The summed E-state index contributed by atoms with van der Waals surface area (Å²) in [7, 11) is 0. The van der Waals surface area contributed by atoms with Crippen molar-refractivity contribution in [2.24, 2.45) is 0 Å². The zero-order valence-electron chi connectivity index (χ0n) is 16.9. The van der Waals surface area contributed by atoms with Crippen molar-refractivity contribution in [2.75, 3.05) is 10.6 Å². The predicted molar refractivity (Wildman–Crippen MR) is 130 cm³/mol. The smallest absolute Gasteiger partial charge is 0.237 e. The van der Waals surface area contributed by atoms with Gasteiger partial charge in [-0.2, -0.15) is 0 Å². The third-order valence-corrected chi connectivity index (χ3v) is 6.41. The lowest BCUT2D eigenvalue weighted by Gasteiger charge is -2.16. The maximum Gasteiger partial charge on any atom is 0.237 e. The van der Waals surface area contributed by atoms with E-state index in [1.165, 1.54) is 11.8 Å². The standard InChI is InChI=1S/C24H22Cl2N2O2S/c1-2-22(24(30)28-21-9-4-3-8-20(21)26)31-19-7-5-6-18(15-19)27-23(29)14-16-10-12-17(25)13-11-16/h3-13,15,22H,2,14H2,1H3,(H,27,29)(H,28,30). The van der Waals surface area contributed by atoms with Crippen molar-refractivity contribution < 1.29 is 9.59 Å². The van der Waals surface area contributed by atoms with E-state index in [0.29, 0.717) is 27.8 Å². The normalized spacial score (nSPS) is 11.6. The first-order valence-electron chi connectivity index (χ1n) is 9.81. The van der Waals surface area contributed by atoms with Gasteiger partial charge < -0.3 is 10.6 Å². The van der Waals surface area contributed by atoms with Gasteiger partial charge in [-0.1, -0.05) is 60.5 Å². The van der Waals surface area contributed by atoms with Crippen molar-refractivity contribution in [2.45, 2.75) is 29.9 Å². The molecule has 7 heteroatoms. The molecule has 0 aliphatic carbocycles. The molecule has 0 bridgehead atoms. The lowest BCUT2D eigenvalue weighted by molar-refractivity contribution is -0.116. The molecule has 0 aromatic heterocycles. The molecule has 1 atom stereocenters. The number of carbonyl (C=O) groups is 2. The lowest BCUT2D eigenvalue weighted by atomic mass is 10.1. The molecule has 2 N–H and O–H groups in total. The van der Waals surface area contributed by atoms with Gasteiger partial charge in [-0.3, -0.25) is 9.59 Å². The van der Waals surface area contributed by atoms with Crippen LogP contribution in [0, 0.1) is 0 Å². The number of halogens is 2. The van der Waals surface area contributed by atoms with Gasteiger partial charge in [0, 0.05) is 15.6 Å². The molecule has 31 heavy (non-hydrogen) atoms. The summed E-state index contributed by atoms with van der Waals surface area (Å²) < 4.78 is 0. The molecular weight excluding hydrogens is 451 g/mol. The molecule has 0 fully saturated rings. The summed E-state index contributed by atoms with van der Waals surface area (Å²) >= 11 is 13.5. The second kappa shape index (κ2) is 11.2. The summed E-state index contributed by atoms with van der Waals surface area (Å²) in [6.45, 7) is 1.96. The molecule has 0 saturated heterocycles. The van der Waals surface area contributed by atoms with E-state index in [1.54, 1.807) is 24.3 Å². The second-order valence-electron chi connectivity index (χ2n) is 6.86. The average Bonchev–Trinajstić information content (AvgIpc) is 2.75. The Morgan fingerprint density at radius 1 is 0.935 bits per heavy atom. The van der Waals surface area contributed by atoms with Gasteiger partial charge >= 0.3 is 0 Å². The van der Waals surface area contributed by atoms with E-state index in [-0.39, 0.29) is 23.5 Å². The van der Waals surface area contributed by atoms with Crippen LogP contribution in [0.3, 0.4) is 0 Å². The van der Waals surface area contributed by atoms with Gasteiger partial charge in [-0.25, -0.2) is 0 Å². The summed E-state index contributed by atoms with van der Waals surface area (Å²) in [5.74, 6) is -0.231. The highest BCUT2D eigenvalue weighted by atomic mass is 35.5. The summed E-state index contributed by atoms with van der Waals surface area (Å²) in [6, 6.07) is 21.8. The predicted octanol–water partition coefficient (Wildman–Crippen LogP) is 6.68. The molecule has 0 heterocycles. The zero-order valence-corrected chi connectivity index (χ0v) is 19.2. The van der Waals surface area contributed by atoms with Crippen LogP contribution in [0.25, 0.3) is 0 Å². The first-order chi connectivity index (χ1) is 14.9. The number of rotatable bonds is 8. The van der Waals surface area contributed by atoms with Crippen LogP contribution in [-0.4, -0.2) is 17.1 Å². The van der Waals surface area contributed by atoms with E-state index < -0.39 is 0 Å². The van der Waals surface area contributed by atoms with Crippen LogP contribution in [0.1, 0.15) is 18.9 Å². The quantitative estimate of drug-likeness (QED) is 0.359. The van der Waals surface area contributed by atoms with Crippen molar-refractivity contribution in [1.29, 1.82) is 0 Å². The number of para-hydroxylation sites is 1. The van der Waals surface area contributed by atoms with E-state index in [9.17, 15) is 9.59 Å². The van der Waals surface area contributed by atoms with E-state index in [0.717, 1.165) is 10.5 Å². The van der Waals surface area contributed by atoms with Crippen LogP contribution in [0.5, 0.6) is 0 Å². The van der Waals surface area contributed by atoms with Gasteiger partial charge in [-0.15, -0.1) is 11.8 Å². The number of hydrogen-bond acceptors (Lipinski definition) is 3. The largest absolute Gasteiger partial charge is 0.326 e. The highest BCUT2D eigenvalue weighted by Gasteiger charge is 2.19. The summed E-state index contributed by atoms with van der Waals surface area (Å²) in [6.07, 6.45) is 0.903. The Hall–Kier alpha value is -2.47. The molecule has 160 valence electrons. The Morgan fingerprint density at radius 3 is 2.39 bits per heavy atom. The minimum Gasteiger partial charge on any atom is -0.326 e. The number of carbonyl (C=O) groups excluding carboxylic acids is 2. The van der Waals surface area contributed by atoms with Gasteiger partial charge in [0.15, 0.2) is 0 Å². The number of anilines is 2. The van der Waals surface area contributed by atoms with Gasteiger partial charge in [0.05, 0.1) is 22.4 Å². The average molecular weight is 473 g/mol. The molecule has 0 saturated carbocycles. The molecule has 3 aromatic rings. The maximum atomic E-state index is 12.7. The van der Waals surface area contributed by atoms with Crippen molar-refractivity contribution in [3.8, 4) is 0 Å². The number of nitrogens with one attached hydrogen (secondary N) is 2. The Kier molecular flexibility index (Phi) is 8.41.